The number of fused-ring (bicyclic) bond motifs is 1. The Kier molecular flexibility index (Phi) is 4.16. The van der Waals surface area contributed by atoms with Gasteiger partial charge in [-0.05, 0) is 30.7 Å². The first-order valence-corrected chi connectivity index (χ1v) is 10.5. The Morgan fingerprint density at radius 2 is 2.04 bits per heavy atom. The molecule has 1 aromatic carbocycles. The van der Waals surface area contributed by atoms with Crippen molar-refractivity contribution in [1.82, 2.24) is 4.31 Å². The molecule has 9 heteroatoms. The summed E-state index contributed by atoms with van der Waals surface area (Å²) in [7, 11) is -5.53. The van der Waals surface area contributed by atoms with Gasteiger partial charge in [0.05, 0.1) is 42.3 Å². The fraction of sp³-hybridized carbons (Fsp3) is 0.571. The Hall–Kier alpha value is -1.16. The molecule has 1 aromatic rings. The van der Waals surface area contributed by atoms with E-state index < -0.39 is 32.0 Å². The fourth-order valence-electron chi connectivity index (χ4n) is 3.13. The van der Waals surface area contributed by atoms with Crippen molar-refractivity contribution in [2.45, 2.75) is 24.0 Å². The minimum absolute atomic E-state index is 0.120. The van der Waals surface area contributed by atoms with E-state index in [-0.39, 0.29) is 29.6 Å². The van der Waals surface area contributed by atoms with Crippen molar-refractivity contribution in [1.29, 1.82) is 0 Å². The lowest BCUT2D eigenvalue weighted by molar-refractivity contribution is -0.0141. The van der Waals surface area contributed by atoms with Crippen molar-refractivity contribution >= 4 is 19.9 Å². The van der Waals surface area contributed by atoms with Gasteiger partial charge in [0.25, 0.3) is 0 Å². The Balaban J connectivity index is 1.97. The van der Waals surface area contributed by atoms with Crippen LogP contribution >= 0.6 is 0 Å². The van der Waals surface area contributed by atoms with Crippen LogP contribution in [0.3, 0.4) is 0 Å². The maximum atomic E-state index is 12.9. The number of hydrogen-bond acceptors (Lipinski definition) is 6. The second kappa shape index (κ2) is 5.73. The number of nitrogens with zero attached hydrogens (tertiary/aromatic N) is 1. The monoisotopic (exact) mass is 361 g/mol. The van der Waals surface area contributed by atoms with Gasteiger partial charge in [0.1, 0.15) is 5.75 Å². The van der Waals surface area contributed by atoms with Crippen molar-refractivity contribution in [3.8, 4) is 5.75 Å². The van der Waals surface area contributed by atoms with Gasteiger partial charge in [-0.2, -0.15) is 4.31 Å². The van der Waals surface area contributed by atoms with E-state index in [4.69, 9.17) is 9.47 Å². The van der Waals surface area contributed by atoms with Crippen LogP contribution in [0.1, 0.15) is 5.56 Å². The molecule has 2 atom stereocenters. The quantitative estimate of drug-likeness (QED) is 0.763. The Labute approximate surface area is 136 Å². The molecule has 2 fully saturated rings. The van der Waals surface area contributed by atoms with Crippen LogP contribution in [0, 0.1) is 6.92 Å². The third kappa shape index (κ3) is 2.98. The van der Waals surface area contributed by atoms with Crippen LogP contribution in [0.25, 0.3) is 0 Å². The molecule has 128 valence electrons. The van der Waals surface area contributed by atoms with Gasteiger partial charge in [0.2, 0.25) is 10.0 Å². The number of morpholine rings is 1. The molecule has 0 saturated carbocycles. The predicted octanol–water partition coefficient (Wildman–Crippen LogP) is 0.190. The lowest BCUT2D eigenvalue weighted by Crippen LogP contribution is -2.53. The van der Waals surface area contributed by atoms with Gasteiger partial charge < -0.3 is 9.47 Å². The van der Waals surface area contributed by atoms with Gasteiger partial charge in [0.15, 0.2) is 9.84 Å². The van der Waals surface area contributed by atoms with Crippen LogP contribution in [-0.2, 0) is 24.6 Å². The predicted molar refractivity (Wildman–Crippen MR) is 83.8 cm³/mol. The van der Waals surface area contributed by atoms with E-state index >= 15 is 0 Å². The average Bonchev–Trinajstić information content (AvgIpc) is 2.80. The molecule has 7 nitrogen and oxygen atoms in total. The molecule has 23 heavy (non-hydrogen) atoms. The number of aryl methyl sites for hydroxylation is 1. The summed E-state index contributed by atoms with van der Waals surface area (Å²) in [5, 5.41) is 0. The zero-order chi connectivity index (χ0) is 16.8. The van der Waals surface area contributed by atoms with Crippen LogP contribution in [0.4, 0.5) is 0 Å². The standard InChI is InChI=1S/C14H19NO6S2/c1-10-7-11(3-4-13(10)20-2)23(18,19)15-5-6-21-14-9-22(16,17)8-12(14)15/h3-4,7,12,14H,5-6,8-9H2,1-2H3. The molecule has 0 aromatic heterocycles. The van der Waals surface area contributed by atoms with Crippen LogP contribution in [0.15, 0.2) is 23.1 Å². The van der Waals surface area contributed by atoms with E-state index in [1.807, 2.05) is 0 Å². The van der Waals surface area contributed by atoms with E-state index in [0.29, 0.717) is 11.3 Å². The highest BCUT2D eigenvalue weighted by Gasteiger charge is 2.48. The lowest BCUT2D eigenvalue weighted by atomic mass is 10.2. The van der Waals surface area contributed by atoms with Crippen molar-refractivity contribution < 1.29 is 26.3 Å². The topological polar surface area (TPSA) is 90.0 Å². The highest BCUT2D eigenvalue weighted by molar-refractivity contribution is 7.92. The Morgan fingerprint density at radius 3 is 2.70 bits per heavy atom. The number of hydrogen-bond donors (Lipinski definition) is 0. The first-order chi connectivity index (χ1) is 10.7. The molecule has 2 aliphatic rings. The first-order valence-electron chi connectivity index (χ1n) is 7.23. The zero-order valence-electron chi connectivity index (χ0n) is 12.9. The number of sulfone groups is 1. The summed E-state index contributed by atoms with van der Waals surface area (Å²) >= 11 is 0. The van der Waals surface area contributed by atoms with Crippen LogP contribution in [0.5, 0.6) is 5.75 Å². The third-order valence-corrected chi connectivity index (χ3v) is 7.86. The summed E-state index contributed by atoms with van der Waals surface area (Å²) in [4.78, 5) is 0.140. The lowest BCUT2D eigenvalue weighted by Gasteiger charge is -2.35. The van der Waals surface area contributed by atoms with E-state index in [2.05, 4.69) is 0 Å². The maximum Gasteiger partial charge on any atom is 0.243 e. The highest BCUT2D eigenvalue weighted by Crippen LogP contribution is 2.31. The Bertz CT molecular complexity index is 818. The zero-order valence-corrected chi connectivity index (χ0v) is 14.6. The highest BCUT2D eigenvalue weighted by atomic mass is 32.2. The fourth-order valence-corrected chi connectivity index (χ4v) is 6.81. The molecule has 2 saturated heterocycles. The Morgan fingerprint density at radius 1 is 1.30 bits per heavy atom. The van der Waals surface area contributed by atoms with E-state index in [1.165, 1.54) is 17.5 Å². The number of sulfonamides is 1. The second-order valence-electron chi connectivity index (χ2n) is 5.80. The van der Waals surface area contributed by atoms with Crippen LogP contribution in [0.2, 0.25) is 0 Å². The summed E-state index contributed by atoms with van der Waals surface area (Å²) in [5.41, 5.74) is 0.706. The largest absolute Gasteiger partial charge is 0.496 e. The molecule has 3 rings (SSSR count). The van der Waals surface area contributed by atoms with Gasteiger partial charge in [-0.1, -0.05) is 0 Å². The molecule has 0 amide bonds. The van der Waals surface area contributed by atoms with Crippen molar-refractivity contribution in [3.05, 3.63) is 23.8 Å². The number of benzene rings is 1. The average molecular weight is 361 g/mol. The number of rotatable bonds is 3. The molecule has 0 spiro atoms. The van der Waals surface area contributed by atoms with Gasteiger partial charge in [-0.25, -0.2) is 16.8 Å². The normalized spacial score (nSPS) is 27.6. The number of methoxy groups -OCH3 is 1. The smallest absolute Gasteiger partial charge is 0.243 e. The van der Waals surface area contributed by atoms with Gasteiger partial charge >= 0.3 is 0 Å². The summed E-state index contributed by atoms with van der Waals surface area (Å²) in [6.45, 7) is 2.12. The minimum Gasteiger partial charge on any atom is -0.496 e. The van der Waals surface area contributed by atoms with Gasteiger partial charge in [-0.3, -0.25) is 0 Å². The first kappa shape index (κ1) is 16.7. The molecular formula is C14H19NO6S2. The minimum atomic E-state index is -3.78. The van der Waals surface area contributed by atoms with Crippen molar-refractivity contribution in [2.75, 3.05) is 31.8 Å². The molecule has 0 aliphatic carbocycles. The van der Waals surface area contributed by atoms with Crippen molar-refractivity contribution in [2.24, 2.45) is 0 Å². The summed E-state index contributed by atoms with van der Waals surface area (Å²) in [5.74, 6) is 0.296. The molecule has 0 bridgehead atoms. The molecule has 2 aliphatic heterocycles. The van der Waals surface area contributed by atoms with Gasteiger partial charge in [-0.15, -0.1) is 0 Å². The molecular weight excluding hydrogens is 342 g/mol. The third-order valence-electron chi connectivity index (χ3n) is 4.26. The van der Waals surface area contributed by atoms with Gasteiger partial charge in [0, 0.05) is 6.54 Å². The molecule has 0 radical (unpaired) electrons. The van der Waals surface area contributed by atoms with E-state index in [0.717, 1.165) is 0 Å². The summed E-state index contributed by atoms with van der Waals surface area (Å²) < 4.78 is 61.4. The summed E-state index contributed by atoms with van der Waals surface area (Å²) in [6.07, 6.45) is -0.581. The maximum absolute atomic E-state index is 12.9. The van der Waals surface area contributed by atoms with Crippen molar-refractivity contribution in [3.63, 3.8) is 0 Å². The molecule has 0 N–H and O–H groups in total. The van der Waals surface area contributed by atoms with Crippen LogP contribution in [-0.4, -0.2) is 65.1 Å². The molecule has 2 unspecified atom stereocenters. The van der Waals surface area contributed by atoms with E-state index in [9.17, 15) is 16.8 Å². The molecule has 2 heterocycles. The second-order valence-corrected chi connectivity index (χ2v) is 9.85. The summed E-state index contributed by atoms with van der Waals surface area (Å²) in [6, 6.07) is 3.98. The SMILES string of the molecule is COc1ccc(S(=O)(=O)N2CCOC3CS(=O)(=O)CC32)cc1C. The van der Waals surface area contributed by atoms with E-state index in [1.54, 1.807) is 19.1 Å². The number of ether oxygens (including phenoxy) is 2. The van der Waals surface area contributed by atoms with Crippen LogP contribution < -0.4 is 4.74 Å².